The van der Waals surface area contributed by atoms with Crippen LogP contribution in [-0.2, 0) is 4.79 Å². The minimum absolute atomic E-state index is 0.102. The molecule has 0 saturated carbocycles. The van der Waals surface area contributed by atoms with Crippen molar-refractivity contribution >= 4 is 12.1 Å². The molecule has 5 nitrogen and oxygen atoms in total. The van der Waals surface area contributed by atoms with E-state index < -0.39 is 6.10 Å². The number of carbonyl (C=O) groups excluding carboxylic acids is 1. The van der Waals surface area contributed by atoms with E-state index in [2.05, 4.69) is 10.5 Å². The van der Waals surface area contributed by atoms with E-state index in [1.165, 1.54) is 6.21 Å². The lowest BCUT2D eigenvalue weighted by molar-refractivity contribution is -0.127. The fourth-order valence-electron chi connectivity index (χ4n) is 2.11. The Labute approximate surface area is 135 Å². The number of hydrazone groups is 1. The van der Waals surface area contributed by atoms with Gasteiger partial charge in [-0.3, -0.25) is 4.79 Å². The minimum atomic E-state index is -0.683. The van der Waals surface area contributed by atoms with Gasteiger partial charge in [-0.1, -0.05) is 18.2 Å². The van der Waals surface area contributed by atoms with Crippen LogP contribution in [0.3, 0.4) is 0 Å². The molecule has 2 N–H and O–H groups in total. The molecule has 0 heterocycles. The van der Waals surface area contributed by atoms with E-state index in [0.29, 0.717) is 11.3 Å². The average Bonchev–Trinajstić information content (AvgIpc) is 2.48. The number of carbonyl (C=O) groups is 1. The molecule has 0 aliphatic carbocycles. The van der Waals surface area contributed by atoms with Crippen LogP contribution in [0.4, 0.5) is 0 Å². The molecule has 2 aromatic rings. The number of nitrogens with zero attached hydrogens (tertiary/aromatic N) is 1. The third-order valence-electron chi connectivity index (χ3n) is 3.19. The number of rotatable bonds is 5. The van der Waals surface area contributed by atoms with Crippen LogP contribution in [0.1, 0.15) is 23.6 Å². The number of hydrogen-bond donors (Lipinski definition) is 2. The van der Waals surface area contributed by atoms with Gasteiger partial charge in [0.2, 0.25) is 0 Å². The number of para-hydroxylation sites is 1. The van der Waals surface area contributed by atoms with Gasteiger partial charge in [-0.15, -0.1) is 0 Å². The van der Waals surface area contributed by atoms with E-state index in [1.807, 2.05) is 32.0 Å². The number of amides is 1. The van der Waals surface area contributed by atoms with Crippen LogP contribution in [-0.4, -0.2) is 23.3 Å². The van der Waals surface area contributed by atoms with Gasteiger partial charge in [0.05, 0.1) is 6.21 Å². The maximum atomic E-state index is 12.0. The minimum Gasteiger partial charge on any atom is -0.507 e. The first-order valence-electron chi connectivity index (χ1n) is 7.31. The molecule has 0 saturated heterocycles. The van der Waals surface area contributed by atoms with Gasteiger partial charge in [-0.25, -0.2) is 5.43 Å². The molecule has 120 valence electrons. The molecule has 0 aliphatic rings. The number of aryl methyl sites for hydroxylation is 2. The lowest BCUT2D eigenvalue weighted by Gasteiger charge is -2.14. The van der Waals surface area contributed by atoms with Crippen molar-refractivity contribution in [2.24, 2.45) is 5.10 Å². The average molecular weight is 312 g/mol. The van der Waals surface area contributed by atoms with Crippen LogP contribution in [0.15, 0.2) is 47.6 Å². The molecule has 5 heteroatoms. The van der Waals surface area contributed by atoms with Crippen molar-refractivity contribution in [3.63, 3.8) is 0 Å². The number of nitrogens with one attached hydrogen (secondary N) is 1. The van der Waals surface area contributed by atoms with Crippen LogP contribution >= 0.6 is 0 Å². The van der Waals surface area contributed by atoms with Crippen molar-refractivity contribution in [2.75, 3.05) is 0 Å². The number of aromatic hydroxyl groups is 1. The first-order chi connectivity index (χ1) is 11.0. The van der Waals surface area contributed by atoms with Crippen molar-refractivity contribution in [1.29, 1.82) is 0 Å². The summed E-state index contributed by atoms with van der Waals surface area (Å²) in [6.45, 7) is 5.60. The van der Waals surface area contributed by atoms with Crippen molar-refractivity contribution in [3.8, 4) is 11.5 Å². The van der Waals surface area contributed by atoms with Crippen molar-refractivity contribution < 1.29 is 14.6 Å². The molecular weight excluding hydrogens is 292 g/mol. The summed E-state index contributed by atoms with van der Waals surface area (Å²) >= 11 is 0. The molecule has 1 atom stereocenters. The predicted molar refractivity (Wildman–Crippen MR) is 89.8 cm³/mol. The summed E-state index contributed by atoms with van der Waals surface area (Å²) in [5.74, 6) is 0.385. The van der Waals surface area contributed by atoms with Gasteiger partial charge in [-0.05, 0) is 56.2 Å². The molecule has 1 amide bonds. The Morgan fingerprint density at radius 3 is 2.52 bits per heavy atom. The van der Waals surface area contributed by atoms with E-state index in [0.717, 1.165) is 11.1 Å². The topological polar surface area (TPSA) is 70.9 Å². The monoisotopic (exact) mass is 312 g/mol. The first-order valence-corrected chi connectivity index (χ1v) is 7.31. The number of phenols is 1. The highest BCUT2D eigenvalue weighted by Gasteiger charge is 2.14. The number of hydrogen-bond acceptors (Lipinski definition) is 4. The van der Waals surface area contributed by atoms with Crippen molar-refractivity contribution in [2.45, 2.75) is 26.9 Å². The number of benzene rings is 2. The summed E-state index contributed by atoms with van der Waals surface area (Å²) in [7, 11) is 0. The highest BCUT2D eigenvalue weighted by molar-refractivity contribution is 5.86. The predicted octanol–water partition coefficient (Wildman–Crippen LogP) is 2.93. The van der Waals surface area contributed by atoms with Gasteiger partial charge in [0.1, 0.15) is 11.5 Å². The van der Waals surface area contributed by atoms with Crippen molar-refractivity contribution in [1.82, 2.24) is 5.43 Å². The molecule has 0 bridgehead atoms. The summed E-state index contributed by atoms with van der Waals surface area (Å²) in [4.78, 5) is 12.0. The second kappa shape index (κ2) is 7.45. The Morgan fingerprint density at radius 1 is 1.22 bits per heavy atom. The van der Waals surface area contributed by atoms with Crippen LogP contribution < -0.4 is 10.2 Å². The van der Waals surface area contributed by atoms with Gasteiger partial charge in [-0.2, -0.15) is 5.10 Å². The molecular formula is C18H20N2O3. The van der Waals surface area contributed by atoms with Crippen LogP contribution in [0.25, 0.3) is 0 Å². The van der Waals surface area contributed by atoms with Gasteiger partial charge < -0.3 is 9.84 Å². The summed E-state index contributed by atoms with van der Waals surface area (Å²) in [5.41, 5.74) is 5.07. The Bertz CT molecular complexity index is 706. The zero-order valence-electron chi connectivity index (χ0n) is 13.4. The van der Waals surface area contributed by atoms with E-state index in [1.54, 1.807) is 31.2 Å². The second-order valence-corrected chi connectivity index (χ2v) is 5.38. The highest BCUT2D eigenvalue weighted by atomic mass is 16.5. The molecule has 0 unspecified atom stereocenters. The van der Waals surface area contributed by atoms with Gasteiger partial charge in [0, 0.05) is 5.56 Å². The molecule has 0 aromatic heterocycles. The standard InChI is InChI=1S/C18H20N2O3/c1-12-8-13(2)10-16(9-12)23-14(3)18(22)20-19-11-15-6-4-5-7-17(15)21/h4-11,14,21H,1-3H3,(H,20,22)/b19-11+/t14-/m1/s1. The zero-order valence-corrected chi connectivity index (χ0v) is 13.4. The summed E-state index contributed by atoms with van der Waals surface area (Å²) in [6, 6.07) is 12.5. The van der Waals surface area contributed by atoms with E-state index >= 15 is 0 Å². The summed E-state index contributed by atoms with van der Waals surface area (Å²) < 4.78 is 5.63. The largest absolute Gasteiger partial charge is 0.507 e. The zero-order chi connectivity index (χ0) is 16.8. The quantitative estimate of drug-likeness (QED) is 0.659. The third-order valence-corrected chi connectivity index (χ3v) is 3.19. The van der Waals surface area contributed by atoms with E-state index in [4.69, 9.17) is 4.74 Å². The Kier molecular flexibility index (Phi) is 5.36. The fourth-order valence-corrected chi connectivity index (χ4v) is 2.11. The summed E-state index contributed by atoms with van der Waals surface area (Å²) in [6.07, 6.45) is 0.703. The molecule has 2 aromatic carbocycles. The Balaban J connectivity index is 1.93. The Hall–Kier alpha value is -2.82. The highest BCUT2D eigenvalue weighted by Crippen LogP contribution is 2.17. The SMILES string of the molecule is Cc1cc(C)cc(O[C@H](C)C(=O)N/N=C/c2ccccc2O)c1. The molecule has 23 heavy (non-hydrogen) atoms. The van der Waals surface area contributed by atoms with Crippen LogP contribution in [0, 0.1) is 13.8 Å². The maximum absolute atomic E-state index is 12.0. The van der Waals surface area contributed by atoms with Crippen LogP contribution in [0.5, 0.6) is 11.5 Å². The molecule has 0 radical (unpaired) electrons. The maximum Gasteiger partial charge on any atom is 0.280 e. The third kappa shape index (κ3) is 4.85. The fraction of sp³-hybridized carbons (Fsp3) is 0.222. The molecule has 2 rings (SSSR count). The Morgan fingerprint density at radius 2 is 1.87 bits per heavy atom. The van der Waals surface area contributed by atoms with Gasteiger partial charge in [0.15, 0.2) is 6.10 Å². The lowest BCUT2D eigenvalue weighted by Crippen LogP contribution is -2.33. The number of ether oxygens (including phenoxy) is 1. The van der Waals surface area contributed by atoms with E-state index in [9.17, 15) is 9.90 Å². The number of phenolic OH excluding ortho intramolecular Hbond substituents is 1. The first kappa shape index (κ1) is 16.5. The molecule has 0 aliphatic heterocycles. The van der Waals surface area contributed by atoms with Crippen molar-refractivity contribution in [3.05, 3.63) is 59.2 Å². The molecule has 0 spiro atoms. The van der Waals surface area contributed by atoms with Gasteiger partial charge in [0.25, 0.3) is 5.91 Å². The normalized spacial score (nSPS) is 12.1. The van der Waals surface area contributed by atoms with Crippen LogP contribution in [0.2, 0.25) is 0 Å². The second-order valence-electron chi connectivity index (χ2n) is 5.38. The molecule has 0 fully saturated rings. The van der Waals surface area contributed by atoms with E-state index in [-0.39, 0.29) is 11.7 Å². The van der Waals surface area contributed by atoms with Gasteiger partial charge >= 0.3 is 0 Å². The smallest absolute Gasteiger partial charge is 0.280 e. The lowest BCUT2D eigenvalue weighted by atomic mass is 10.1. The summed E-state index contributed by atoms with van der Waals surface area (Å²) in [5, 5.41) is 13.4.